The number of amides is 2. The van der Waals surface area contributed by atoms with Crippen molar-refractivity contribution in [1.82, 2.24) is 20.1 Å². The van der Waals surface area contributed by atoms with Gasteiger partial charge in [0.25, 0.3) is 5.91 Å². The van der Waals surface area contributed by atoms with Crippen LogP contribution in [-0.4, -0.2) is 72.5 Å². The maximum atomic E-state index is 13.2. The van der Waals surface area contributed by atoms with Crippen LogP contribution in [0.4, 0.5) is 0 Å². The Morgan fingerprint density at radius 3 is 2.49 bits per heavy atom. The fraction of sp³-hybridized carbons (Fsp3) is 0.536. The summed E-state index contributed by atoms with van der Waals surface area (Å²) in [5.41, 5.74) is 3.72. The number of hydrogen-bond donors (Lipinski definition) is 1. The molecule has 2 amide bonds. The van der Waals surface area contributed by atoms with Crippen LogP contribution < -0.4 is 5.32 Å². The van der Waals surface area contributed by atoms with E-state index in [9.17, 15) is 9.59 Å². The van der Waals surface area contributed by atoms with Gasteiger partial charge in [-0.05, 0) is 55.7 Å². The summed E-state index contributed by atoms with van der Waals surface area (Å²) in [6.45, 7) is 9.67. The van der Waals surface area contributed by atoms with E-state index in [4.69, 9.17) is 4.74 Å². The summed E-state index contributed by atoms with van der Waals surface area (Å²) in [5.74, 6) is 1.21. The first-order valence-electron chi connectivity index (χ1n) is 12.9. The first-order chi connectivity index (χ1) is 17.0. The summed E-state index contributed by atoms with van der Waals surface area (Å²) >= 11 is 0. The second-order valence-corrected chi connectivity index (χ2v) is 10.4. The number of pyridine rings is 1. The van der Waals surface area contributed by atoms with Crippen molar-refractivity contribution in [3.63, 3.8) is 0 Å². The molecule has 0 saturated carbocycles. The van der Waals surface area contributed by atoms with Gasteiger partial charge in [0.05, 0.1) is 29.8 Å². The molecule has 3 saturated heterocycles. The van der Waals surface area contributed by atoms with Crippen LogP contribution in [0.1, 0.15) is 46.1 Å². The van der Waals surface area contributed by atoms with Crippen molar-refractivity contribution in [2.75, 3.05) is 45.9 Å². The molecular formula is C28H36N4O3. The van der Waals surface area contributed by atoms with Crippen LogP contribution in [0.2, 0.25) is 0 Å². The molecule has 1 aromatic carbocycles. The number of ether oxygens (including phenoxy) is 1. The summed E-state index contributed by atoms with van der Waals surface area (Å²) in [4.78, 5) is 34.9. The van der Waals surface area contributed by atoms with Crippen molar-refractivity contribution in [3.8, 4) is 0 Å². The SMILES string of the molecule is Cc1ccnc(C)c1C(=O)N1CC2CN(CC[C@H](NC(=O)[C@H]3CCOC3)c3ccccc3)CC2C1. The summed E-state index contributed by atoms with van der Waals surface area (Å²) in [5, 5.41) is 3.30. The number of rotatable bonds is 7. The maximum absolute atomic E-state index is 13.2. The molecule has 0 spiro atoms. The molecule has 1 N–H and O–H groups in total. The lowest BCUT2D eigenvalue weighted by Crippen LogP contribution is -2.37. The molecule has 3 aliphatic rings. The molecule has 3 fully saturated rings. The Kier molecular flexibility index (Phi) is 7.16. The Morgan fingerprint density at radius 1 is 1.09 bits per heavy atom. The molecule has 1 aromatic heterocycles. The maximum Gasteiger partial charge on any atom is 0.255 e. The topological polar surface area (TPSA) is 74.8 Å². The van der Waals surface area contributed by atoms with Crippen molar-refractivity contribution < 1.29 is 14.3 Å². The van der Waals surface area contributed by atoms with Crippen molar-refractivity contribution in [1.29, 1.82) is 0 Å². The molecule has 0 aliphatic carbocycles. The average Bonchev–Trinajstić information content (AvgIpc) is 3.59. The van der Waals surface area contributed by atoms with Gasteiger partial charge in [0.2, 0.25) is 5.91 Å². The number of carbonyl (C=O) groups excluding carboxylic acids is 2. The van der Waals surface area contributed by atoms with Crippen LogP contribution in [0.3, 0.4) is 0 Å². The number of fused-ring (bicyclic) bond motifs is 1. The van der Waals surface area contributed by atoms with E-state index >= 15 is 0 Å². The van der Waals surface area contributed by atoms with Gasteiger partial charge in [0.15, 0.2) is 0 Å². The van der Waals surface area contributed by atoms with Crippen LogP contribution in [0.25, 0.3) is 0 Å². The van der Waals surface area contributed by atoms with E-state index in [1.165, 1.54) is 0 Å². The first kappa shape index (κ1) is 23.9. The van der Waals surface area contributed by atoms with Crippen LogP contribution in [0, 0.1) is 31.6 Å². The molecule has 2 unspecified atom stereocenters. The Hall–Kier alpha value is -2.77. The quantitative estimate of drug-likeness (QED) is 0.665. The fourth-order valence-electron chi connectivity index (χ4n) is 5.96. The van der Waals surface area contributed by atoms with Crippen LogP contribution >= 0.6 is 0 Å². The van der Waals surface area contributed by atoms with E-state index in [0.29, 0.717) is 25.0 Å². The molecule has 5 rings (SSSR count). The fourth-order valence-corrected chi connectivity index (χ4v) is 5.96. The molecule has 4 heterocycles. The molecule has 7 heteroatoms. The van der Waals surface area contributed by atoms with Gasteiger partial charge in [-0.1, -0.05) is 30.3 Å². The van der Waals surface area contributed by atoms with Gasteiger partial charge in [-0.3, -0.25) is 14.6 Å². The van der Waals surface area contributed by atoms with Crippen LogP contribution in [-0.2, 0) is 9.53 Å². The van der Waals surface area contributed by atoms with Gasteiger partial charge in [-0.2, -0.15) is 0 Å². The molecule has 3 aliphatic heterocycles. The first-order valence-corrected chi connectivity index (χ1v) is 12.9. The molecule has 186 valence electrons. The third-order valence-electron chi connectivity index (χ3n) is 7.96. The van der Waals surface area contributed by atoms with E-state index in [1.54, 1.807) is 6.20 Å². The normalized spacial score (nSPS) is 25.0. The number of aryl methyl sites for hydroxylation is 2. The Balaban J connectivity index is 1.17. The largest absolute Gasteiger partial charge is 0.381 e. The minimum Gasteiger partial charge on any atom is -0.381 e. The highest BCUT2D eigenvalue weighted by molar-refractivity contribution is 5.96. The Morgan fingerprint density at radius 2 is 1.83 bits per heavy atom. The molecule has 35 heavy (non-hydrogen) atoms. The molecule has 0 bridgehead atoms. The second kappa shape index (κ2) is 10.5. The second-order valence-electron chi connectivity index (χ2n) is 10.4. The predicted octanol–water partition coefficient (Wildman–Crippen LogP) is 2.99. The molecule has 2 aromatic rings. The lowest BCUT2D eigenvalue weighted by molar-refractivity contribution is -0.125. The molecular weight excluding hydrogens is 440 g/mol. The van der Waals surface area contributed by atoms with Gasteiger partial charge in [0.1, 0.15) is 0 Å². The summed E-state index contributed by atoms with van der Waals surface area (Å²) in [6.07, 6.45) is 3.44. The van der Waals surface area contributed by atoms with E-state index < -0.39 is 0 Å². The predicted molar refractivity (Wildman–Crippen MR) is 134 cm³/mol. The van der Waals surface area contributed by atoms with Crippen LogP contribution in [0.5, 0.6) is 0 Å². The average molecular weight is 477 g/mol. The number of benzene rings is 1. The Bertz CT molecular complexity index is 1020. The van der Waals surface area contributed by atoms with Crippen LogP contribution in [0.15, 0.2) is 42.6 Å². The molecule has 4 atom stereocenters. The van der Waals surface area contributed by atoms with E-state index in [1.807, 2.05) is 43.0 Å². The smallest absolute Gasteiger partial charge is 0.255 e. The number of carbonyl (C=O) groups is 2. The zero-order chi connectivity index (χ0) is 24.4. The zero-order valence-electron chi connectivity index (χ0n) is 20.8. The highest BCUT2D eigenvalue weighted by atomic mass is 16.5. The molecule has 7 nitrogen and oxygen atoms in total. The number of likely N-dealkylation sites (tertiary alicyclic amines) is 2. The lowest BCUT2D eigenvalue weighted by Gasteiger charge is -2.26. The molecule has 0 radical (unpaired) electrons. The van der Waals surface area contributed by atoms with E-state index in [2.05, 4.69) is 27.3 Å². The van der Waals surface area contributed by atoms with Crippen molar-refractivity contribution >= 4 is 11.8 Å². The Labute approximate surface area is 207 Å². The summed E-state index contributed by atoms with van der Waals surface area (Å²) in [7, 11) is 0. The van der Waals surface area contributed by atoms with Gasteiger partial charge >= 0.3 is 0 Å². The third kappa shape index (κ3) is 5.26. The van der Waals surface area contributed by atoms with Crippen molar-refractivity contribution in [3.05, 3.63) is 65.0 Å². The third-order valence-corrected chi connectivity index (χ3v) is 7.96. The van der Waals surface area contributed by atoms with Gasteiger partial charge < -0.3 is 19.9 Å². The number of nitrogens with zero attached hydrogens (tertiary/aromatic N) is 3. The summed E-state index contributed by atoms with van der Waals surface area (Å²) < 4.78 is 5.42. The number of hydrogen-bond acceptors (Lipinski definition) is 5. The monoisotopic (exact) mass is 476 g/mol. The standard InChI is InChI=1S/C28H36N4O3/c1-19-8-11-29-20(2)26(19)28(34)32-16-23-14-31(15-24(23)17-32)12-9-25(21-6-4-3-5-7-21)30-27(33)22-10-13-35-18-22/h3-8,11,22-25H,9-10,12-18H2,1-2H3,(H,30,33)/t22-,23?,24?,25-/m0/s1. The van der Waals surface area contributed by atoms with E-state index in [-0.39, 0.29) is 23.8 Å². The highest BCUT2D eigenvalue weighted by Gasteiger charge is 2.42. The van der Waals surface area contributed by atoms with Gasteiger partial charge in [-0.15, -0.1) is 0 Å². The minimum atomic E-state index is -0.0389. The number of aromatic nitrogens is 1. The highest BCUT2D eigenvalue weighted by Crippen LogP contribution is 2.33. The minimum absolute atomic E-state index is 0.000604. The van der Waals surface area contributed by atoms with Gasteiger partial charge in [-0.25, -0.2) is 0 Å². The van der Waals surface area contributed by atoms with E-state index in [0.717, 1.165) is 67.9 Å². The van der Waals surface area contributed by atoms with Gasteiger partial charge in [0, 0.05) is 45.5 Å². The van der Waals surface area contributed by atoms with Crippen molar-refractivity contribution in [2.24, 2.45) is 17.8 Å². The summed E-state index contributed by atoms with van der Waals surface area (Å²) in [6, 6.07) is 12.2. The van der Waals surface area contributed by atoms with Crippen molar-refractivity contribution in [2.45, 2.75) is 32.7 Å². The number of nitrogens with one attached hydrogen (secondary N) is 1. The zero-order valence-corrected chi connectivity index (χ0v) is 20.8. The lowest BCUT2D eigenvalue weighted by atomic mass is 10.0.